The molecule has 7 heteroatoms. The van der Waals surface area contributed by atoms with Gasteiger partial charge < -0.3 is 9.66 Å². The molecule has 0 unspecified atom stereocenters. The minimum Gasteiger partial charge on any atom is -0.748 e. The van der Waals surface area contributed by atoms with Gasteiger partial charge in [0, 0.05) is 10.0 Å². The van der Waals surface area contributed by atoms with Crippen molar-refractivity contribution < 1.29 is 18.1 Å². The van der Waals surface area contributed by atoms with Gasteiger partial charge in [0.15, 0.2) is 0 Å². The van der Waals surface area contributed by atoms with Crippen LogP contribution in [0.3, 0.4) is 0 Å². The average Bonchev–Trinajstić information content (AvgIpc) is 1.96. The minimum atomic E-state index is -4.38. The summed E-state index contributed by atoms with van der Waals surface area (Å²) in [5, 5.41) is 9.41. The van der Waals surface area contributed by atoms with Crippen molar-refractivity contribution >= 4 is 42.0 Å². The second kappa shape index (κ2) is 4.18. The van der Waals surface area contributed by atoms with Crippen LogP contribution in [0.4, 0.5) is 0 Å². The van der Waals surface area contributed by atoms with E-state index in [-0.39, 0.29) is 11.3 Å². The average molecular weight is 345 g/mol. The number of benzene rings is 1. The second-order valence-electron chi connectivity index (χ2n) is 2.60. The summed E-state index contributed by atoms with van der Waals surface area (Å²) in [6.07, 6.45) is 0. The second-order valence-corrected chi connectivity index (χ2v) is 5.77. The van der Waals surface area contributed by atoms with Gasteiger partial charge in [-0.15, -0.1) is 0 Å². The lowest BCUT2D eigenvalue weighted by atomic mass is 10.2. The lowest BCUT2D eigenvalue weighted by Crippen LogP contribution is -2.02. The fourth-order valence-electron chi connectivity index (χ4n) is 0.920. The first-order valence-corrected chi connectivity index (χ1v) is 6.56. The number of phenolic OH excluding ortho intramolecular Hbond substituents is 1. The highest BCUT2D eigenvalue weighted by Gasteiger charge is 2.09. The molecule has 0 heterocycles. The van der Waals surface area contributed by atoms with Gasteiger partial charge in [-0.3, -0.25) is 0 Å². The summed E-state index contributed by atoms with van der Waals surface area (Å²) in [4.78, 5) is 0. The molecule has 0 atom stereocenters. The Labute approximate surface area is 98.0 Å². The molecule has 0 aromatic heterocycles. The van der Waals surface area contributed by atoms with E-state index in [0.717, 1.165) is 0 Å². The third kappa shape index (κ3) is 3.23. The number of hydrogen-bond donors (Lipinski definition) is 1. The molecular formula is C7H5Br2O4S-. The summed E-state index contributed by atoms with van der Waals surface area (Å²) >= 11 is 6.14. The van der Waals surface area contributed by atoms with Gasteiger partial charge in [0.1, 0.15) is 5.75 Å². The number of phenols is 1. The third-order valence-corrected chi connectivity index (χ3v) is 3.17. The van der Waals surface area contributed by atoms with E-state index in [2.05, 4.69) is 31.9 Å². The summed E-state index contributed by atoms with van der Waals surface area (Å²) in [5.74, 6) is -0.954. The highest BCUT2D eigenvalue weighted by Crippen LogP contribution is 2.32. The Balaban J connectivity index is 3.22. The molecule has 0 aliphatic heterocycles. The van der Waals surface area contributed by atoms with Crippen LogP contribution in [0.15, 0.2) is 21.1 Å². The smallest absolute Gasteiger partial charge is 0.134 e. The van der Waals surface area contributed by atoms with Crippen LogP contribution in [-0.4, -0.2) is 18.1 Å². The Bertz CT molecular complexity index is 455. The van der Waals surface area contributed by atoms with Crippen molar-refractivity contribution in [1.29, 1.82) is 0 Å². The van der Waals surface area contributed by atoms with E-state index in [1.807, 2.05) is 0 Å². The van der Waals surface area contributed by atoms with Crippen LogP contribution < -0.4 is 0 Å². The fraction of sp³-hybridized carbons (Fsp3) is 0.143. The monoisotopic (exact) mass is 343 g/mol. The maximum absolute atomic E-state index is 10.5. The Kier molecular flexibility index (Phi) is 3.57. The van der Waals surface area contributed by atoms with Gasteiger partial charge in [-0.05, 0) is 28.1 Å². The first-order chi connectivity index (χ1) is 6.29. The van der Waals surface area contributed by atoms with Crippen molar-refractivity contribution in [2.75, 3.05) is 0 Å². The predicted molar refractivity (Wildman–Crippen MR) is 56.9 cm³/mol. The Hall–Kier alpha value is -0.110. The molecule has 0 saturated heterocycles. The van der Waals surface area contributed by atoms with Crippen molar-refractivity contribution in [2.24, 2.45) is 0 Å². The molecule has 0 bridgehead atoms. The van der Waals surface area contributed by atoms with Gasteiger partial charge in [0.05, 0.1) is 20.3 Å². The Morgan fingerprint density at radius 2 is 1.93 bits per heavy atom. The highest BCUT2D eigenvalue weighted by molar-refractivity contribution is 9.11. The summed E-state index contributed by atoms with van der Waals surface area (Å²) < 4.78 is 32.4. The number of rotatable bonds is 2. The van der Waals surface area contributed by atoms with E-state index in [0.29, 0.717) is 8.95 Å². The molecular weight excluding hydrogens is 340 g/mol. The summed E-state index contributed by atoms with van der Waals surface area (Å²) in [6.45, 7) is 0. The largest absolute Gasteiger partial charge is 0.748 e. The molecule has 0 saturated carbocycles. The molecule has 1 aromatic rings. The van der Waals surface area contributed by atoms with Crippen LogP contribution in [0.5, 0.6) is 5.75 Å². The van der Waals surface area contributed by atoms with Crippen LogP contribution in [0, 0.1) is 0 Å². The van der Waals surface area contributed by atoms with Crippen LogP contribution >= 0.6 is 31.9 Å². The van der Waals surface area contributed by atoms with Crippen LogP contribution in [0.25, 0.3) is 0 Å². The van der Waals surface area contributed by atoms with Gasteiger partial charge in [-0.1, -0.05) is 15.9 Å². The van der Waals surface area contributed by atoms with Crippen LogP contribution in [0.2, 0.25) is 0 Å². The predicted octanol–water partition coefficient (Wildman–Crippen LogP) is 1.96. The molecule has 0 amide bonds. The molecule has 1 rings (SSSR count). The van der Waals surface area contributed by atoms with Gasteiger partial charge in [0.2, 0.25) is 0 Å². The molecule has 0 aliphatic rings. The van der Waals surface area contributed by atoms with Crippen LogP contribution in [0.1, 0.15) is 5.56 Å². The third-order valence-electron chi connectivity index (χ3n) is 1.44. The highest BCUT2D eigenvalue weighted by atomic mass is 79.9. The van der Waals surface area contributed by atoms with E-state index >= 15 is 0 Å². The van der Waals surface area contributed by atoms with Crippen molar-refractivity contribution in [3.05, 3.63) is 26.6 Å². The summed E-state index contributed by atoms with van der Waals surface area (Å²) in [6, 6.07) is 2.94. The fourth-order valence-corrected chi connectivity index (χ4v) is 2.83. The summed E-state index contributed by atoms with van der Waals surface area (Å²) in [5.41, 5.74) is 0.0706. The van der Waals surface area contributed by atoms with E-state index in [9.17, 15) is 18.1 Å². The van der Waals surface area contributed by atoms with E-state index in [4.69, 9.17) is 0 Å². The molecule has 0 radical (unpaired) electrons. The van der Waals surface area contributed by atoms with Crippen LogP contribution in [-0.2, 0) is 15.9 Å². The molecule has 0 spiro atoms. The van der Waals surface area contributed by atoms with Crippen molar-refractivity contribution in [3.63, 3.8) is 0 Å². The zero-order chi connectivity index (χ0) is 10.9. The van der Waals surface area contributed by atoms with Gasteiger partial charge >= 0.3 is 0 Å². The molecule has 1 N–H and O–H groups in total. The first-order valence-electron chi connectivity index (χ1n) is 3.40. The van der Waals surface area contributed by atoms with Crippen molar-refractivity contribution in [2.45, 2.75) is 5.75 Å². The zero-order valence-corrected chi connectivity index (χ0v) is 10.7. The standard InChI is InChI=1S/C7H6Br2O4S/c8-5-1-4(3-14(11,12)13)7(10)6(9)2-5/h1-2,10H,3H2,(H,11,12,13)/p-1. The number of halogens is 2. The number of hydrogen-bond acceptors (Lipinski definition) is 4. The van der Waals surface area contributed by atoms with Gasteiger partial charge in [0.25, 0.3) is 0 Å². The lowest BCUT2D eigenvalue weighted by Gasteiger charge is -2.10. The van der Waals surface area contributed by atoms with Gasteiger partial charge in [-0.2, -0.15) is 0 Å². The maximum Gasteiger partial charge on any atom is 0.134 e. The quantitative estimate of drug-likeness (QED) is 0.832. The molecule has 4 nitrogen and oxygen atoms in total. The van der Waals surface area contributed by atoms with Gasteiger partial charge in [-0.25, -0.2) is 8.42 Å². The lowest BCUT2D eigenvalue weighted by molar-refractivity contribution is 0.451. The Morgan fingerprint density at radius 1 is 1.36 bits per heavy atom. The molecule has 0 fully saturated rings. The van der Waals surface area contributed by atoms with E-state index in [1.54, 1.807) is 6.07 Å². The molecule has 1 aromatic carbocycles. The zero-order valence-electron chi connectivity index (χ0n) is 6.70. The van der Waals surface area contributed by atoms with Crippen molar-refractivity contribution in [1.82, 2.24) is 0 Å². The summed E-state index contributed by atoms with van der Waals surface area (Å²) in [7, 11) is -4.38. The van der Waals surface area contributed by atoms with E-state index in [1.165, 1.54) is 6.07 Å². The molecule has 14 heavy (non-hydrogen) atoms. The topological polar surface area (TPSA) is 77.4 Å². The van der Waals surface area contributed by atoms with E-state index < -0.39 is 15.9 Å². The Morgan fingerprint density at radius 3 is 2.43 bits per heavy atom. The first kappa shape index (κ1) is 12.0. The SMILES string of the molecule is O=S(=O)([O-])Cc1cc(Br)cc(Br)c1O. The molecule has 0 aliphatic carbocycles. The number of aromatic hydroxyl groups is 1. The minimum absolute atomic E-state index is 0.0706. The normalized spacial score (nSPS) is 11.6. The molecule has 78 valence electrons. The maximum atomic E-state index is 10.5. The van der Waals surface area contributed by atoms with Crippen molar-refractivity contribution in [3.8, 4) is 5.75 Å².